The minimum Gasteiger partial charge on any atom is -0.465 e. The van der Waals surface area contributed by atoms with Crippen molar-refractivity contribution in [2.24, 2.45) is 17.8 Å². The Hall–Kier alpha value is -2.70. The lowest BCUT2D eigenvalue weighted by Gasteiger charge is -2.40. The van der Waals surface area contributed by atoms with Crippen LogP contribution < -0.4 is 0 Å². The van der Waals surface area contributed by atoms with Gasteiger partial charge >= 0.3 is 5.97 Å². The van der Waals surface area contributed by atoms with E-state index >= 15 is 0 Å². The van der Waals surface area contributed by atoms with Crippen LogP contribution in [0.1, 0.15) is 26.7 Å². The number of halogens is 1. The monoisotopic (exact) mass is 645 g/mol. The van der Waals surface area contributed by atoms with Gasteiger partial charge in [-0.25, -0.2) is 4.68 Å². The first kappa shape index (κ1) is 29.8. The molecular formula is C29H36BrN5O5S. The van der Waals surface area contributed by atoms with Gasteiger partial charge in [0.1, 0.15) is 18.2 Å². The lowest BCUT2D eigenvalue weighted by Crippen LogP contribution is -2.58. The number of aliphatic hydroxyl groups excluding tert-OH is 1. The normalized spacial score (nSPS) is 29.1. The zero-order valence-corrected chi connectivity index (χ0v) is 25.7. The van der Waals surface area contributed by atoms with E-state index in [4.69, 9.17) is 4.74 Å². The molecular weight excluding hydrogens is 610 g/mol. The Bertz CT molecular complexity index is 1350. The summed E-state index contributed by atoms with van der Waals surface area (Å²) in [6, 6.07) is 6.01. The molecule has 12 heteroatoms. The van der Waals surface area contributed by atoms with E-state index < -0.39 is 34.6 Å². The maximum absolute atomic E-state index is 14.7. The molecule has 10 nitrogen and oxygen atoms in total. The van der Waals surface area contributed by atoms with Gasteiger partial charge in [-0.2, -0.15) is 0 Å². The second-order valence-corrected chi connectivity index (χ2v) is 13.9. The molecule has 3 fully saturated rings. The highest BCUT2D eigenvalue weighted by atomic mass is 79.9. The molecule has 0 radical (unpaired) electrons. The Balaban J connectivity index is 1.56. The van der Waals surface area contributed by atoms with Gasteiger partial charge in [-0.3, -0.25) is 14.4 Å². The number of hydrogen-bond donors (Lipinski definition) is 1. The number of ether oxygens (including phenoxy) is 1. The number of fused-ring (bicyclic) bond motifs is 2. The number of para-hydroxylation sites is 1. The summed E-state index contributed by atoms with van der Waals surface area (Å²) >= 11 is 5.32. The highest BCUT2D eigenvalue weighted by Crippen LogP contribution is 2.68. The molecule has 0 saturated carbocycles. The summed E-state index contributed by atoms with van der Waals surface area (Å²) in [5.41, 5.74) is 1.49. The summed E-state index contributed by atoms with van der Waals surface area (Å²) in [4.78, 5) is 45.6. The highest BCUT2D eigenvalue weighted by molar-refractivity contribution is 9.09. The topological polar surface area (TPSA) is 118 Å². The van der Waals surface area contributed by atoms with Crippen LogP contribution in [-0.4, -0.2) is 94.4 Å². The average molecular weight is 647 g/mol. The van der Waals surface area contributed by atoms with E-state index in [9.17, 15) is 19.5 Å². The van der Waals surface area contributed by atoms with Crippen LogP contribution in [0.4, 0.5) is 0 Å². The third-order valence-corrected chi connectivity index (χ3v) is 11.7. The van der Waals surface area contributed by atoms with Crippen LogP contribution in [0.3, 0.4) is 0 Å². The molecule has 2 amide bonds. The first-order valence-corrected chi connectivity index (χ1v) is 15.7. The number of likely N-dealkylation sites (tertiary alicyclic amines) is 1. The van der Waals surface area contributed by atoms with E-state index in [0.717, 1.165) is 5.52 Å². The van der Waals surface area contributed by atoms with Crippen molar-refractivity contribution < 1.29 is 24.2 Å². The quantitative estimate of drug-likeness (QED) is 0.162. The number of thioether (sulfide) groups is 1. The molecule has 3 saturated heterocycles. The lowest BCUT2D eigenvalue weighted by atomic mass is 9.71. The zero-order chi connectivity index (χ0) is 29.5. The maximum Gasteiger partial charge on any atom is 0.310 e. The van der Waals surface area contributed by atoms with Crippen LogP contribution >= 0.6 is 27.7 Å². The number of nitrogens with zero attached hydrogens (tertiary/aromatic N) is 5. The van der Waals surface area contributed by atoms with Crippen molar-refractivity contribution in [3.63, 3.8) is 0 Å². The molecule has 2 bridgehead atoms. The van der Waals surface area contributed by atoms with Crippen molar-refractivity contribution in [3.8, 4) is 0 Å². The van der Waals surface area contributed by atoms with Gasteiger partial charge in [-0.05, 0) is 30.9 Å². The van der Waals surface area contributed by atoms with Crippen molar-refractivity contribution in [2.75, 3.05) is 19.8 Å². The van der Waals surface area contributed by atoms with E-state index in [1.54, 1.807) is 38.4 Å². The van der Waals surface area contributed by atoms with Crippen molar-refractivity contribution >= 4 is 56.5 Å². The number of aliphatic hydroxyl groups is 1. The van der Waals surface area contributed by atoms with Crippen molar-refractivity contribution in [3.05, 3.63) is 49.6 Å². The number of carbonyl (C=O) groups excluding carboxylic acids is 3. The second-order valence-electron chi connectivity index (χ2n) is 11.2. The number of aromatic nitrogens is 3. The number of amides is 2. The van der Waals surface area contributed by atoms with Gasteiger partial charge in [0, 0.05) is 16.6 Å². The first-order chi connectivity index (χ1) is 19.7. The van der Waals surface area contributed by atoms with Crippen LogP contribution in [-0.2, 0) is 25.8 Å². The fraction of sp³-hybridized carbons (Fsp3) is 0.552. The number of benzene rings is 1. The smallest absolute Gasteiger partial charge is 0.310 e. The Kier molecular flexibility index (Phi) is 8.63. The molecule has 3 aliphatic heterocycles. The zero-order valence-electron chi connectivity index (χ0n) is 23.3. The lowest BCUT2D eigenvalue weighted by molar-refractivity contribution is -0.154. The fourth-order valence-electron chi connectivity index (χ4n) is 6.66. The molecule has 1 aromatic carbocycles. The molecule has 7 atom stereocenters. The SMILES string of the molecule is C=CCCOC(=O)[C@H]1[C@H]2C(=O)N([C@@H](CO)C(C)C)C(C(=O)N(CC=C)Cn3nnc4ccccc43)C23CC(Br)[C@@H]1S3. The van der Waals surface area contributed by atoms with Crippen LogP contribution in [0.25, 0.3) is 11.0 Å². The minimum absolute atomic E-state index is 0.0810. The third-order valence-electron chi connectivity index (χ3n) is 8.50. The van der Waals surface area contributed by atoms with Gasteiger partial charge in [-0.1, -0.05) is 59.3 Å². The maximum atomic E-state index is 14.7. The summed E-state index contributed by atoms with van der Waals surface area (Å²) in [6.07, 6.45) is 4.37. The number of esters is 1. The van der Waals surface area contributed by atoms with Gasteiger partial charge < -0.3 is 19.6 Å². The summed E-state index contributed by atoms with van der Waals surface area (Å²) in [5, 5.41) is 18.8. The van der Waals surface area contributed by atoms with E-state index in [2.05, 4.69) is 39.4 Å². The van der Waals surface area contributed by atoms with Gasteiger partial charge in [0.15, 0.2) is 0 Å². The molecule has 0 aliphatic carbocycles. The van der Waals surface area contributed by atoms with E-state index in [1.165, 1.54) is 0 Å². The van der Waals surface area contributed by atoms with Crippen molar-refractivity contribution in [2.45, 2.75) is 60.3 Å². The number of alkyl halides is 1. The van der Waals surface area contributed by atoms with Crippen molar-refractivity contribution in [1.29, 1.82) is 0 Å². The standard InChI is InChI=1S/C29H36BrN5O5S/c1-5-7-13-40-28(39)22-23-26(37)35(21(15-36)17(3)4)25(29(23)14-18(30)24(22)41-29)27(38)33(12-6-2)16-34-20-11-9-8-10-19(20)31-32-34/h5-6,8-11,17-18,21-25,36H,1-2,7,12-16H2,3-4H3/t18?,21-,22-,23-,24-,25?,29?/m0/s1. The van der Waals surface area contributed by atoms with Crippen molar-refractivity contribution in [1.82, 2.24) is 24.8 Å². The predicted octanol–water partition coefficient (Wildman–Crippen LogP) is 3.00. The number of hydrogen-bond acceptors (Lipinski definition) is 8. The van der Waals surface area contributed by atoms with Crippen LogP contribution in [0.5, 0.6) is 0 Å². The number of rotatable bonds is 12. The molecule has 2 aromatic rings. The Morgan fingerprint density at radius 1 is 1.32 bits per heavy atom. The molecule has 1 spiro atoms. The Labute approximate surface area is 252 Å². The molecule has 41 heavy (non-hydrogen) atoms. The summed E-state index contributed by atoms with van der Waals surface area (Å²) in [7, 11) is 0. The fourth-order valence-corrected chi connectivity index (χ4v) is 10.2. The second kappa shape index (κ2) is 11.9. The highest BCUT2D eigenvalue weighted by Gasteiger charge is 2.76. The largest absolute Gasteiger partial charge is 0.465 e. The van der Waals surface area contributed by atoms with Crippen LogP contribution in [0, 0.1) is 17.8 Å². The molecule has 4 heterocycles. The Morgan fingerprint density at radius 3 is 2.76 bits per heavy atom. The van der Waals surface area contributed by atoms with Crippen LogP contribution in [0.2, 0.25) is 0 Å². The molecule has 1 aromatic heterocycles. The summed E-state index contributed by atoms with van der Waals surface area (Å²) in [6.45, 7) is 11.6. The molecule has 5 rings (SSSR count). The predicted molar refractivity (Wildman–Crippen MR) is 160 cm³/mol. The number of carbonyl (C=O) groups is 3. The van der Waals surface area contributed by atoms with E-state index in [-0.39, 0.29) is 54.2 Å². The molecule has 3 aliphatic rings. The van der Waals surface area contributed by atoms with Gasteiger partial charge in [0.05, 0.1) is 41.4 Å². The molecule has 3 unspecified atom stereocenters. The molecule has 1 N–H and O–H groups in total. The third kappa shape index (κ3) is 4.91. The van der Waals surface area contributed by atoms with Gasteiger partial charge in [-0.15, -0.1) is 30.0 Å². The van der Waals surface area contributed by atoms with E-state index in [1.807, 2.05) is 38.1 Å². The summed E-state index contributed by atoms with van der Waals surface area (Å²) < 4.78 is 6.39. The Morgan fingerprint density at radius 2 is 2.07 bits per heavy atom. The summed E-state index contributed by atoms with van der Waals surface area (Å²) in [5.74, 6) is -2.53. The average Bonchev–Trinajstić information content (AvgIpc) is 3.66. The first-order valence-electron chi connectivity index (χ1n) is 13.9. The molecule has 220 valence electrons. The van der Waals surface area contributed by atoms with Gasteiger partial charge in [0.25, 0.3) is 0 Å². The minimum atomic E-state index is -0.893. The van der Waals surface area contributed by atoms with Crippen LogP contribution in [0.15, 0.2) is 49.6 Å². The van der Waals surface area contributed by atoms with E-state index in [0.29, 0.717) is 18.4 Å². The van der Waals surface area contributed by atoms with Gasteiger partial charge in [0.2, 0.25) is 11.8 Å².